The van der Waals surface area contributed by atoms with Crippen molar-refractivity contribution in [2.45, 2.75) is 11.8 Å². The fourth-order valence-electron chi connectivity index (χ4n) is 0.889. The number of hydrogen-bond acceptors (Lipinski definition) is 2. The fourth-order valence-corrected chi connectivity index (χ4v) is 1.95. The van der Waals surface area contributed by atoms with Gasteiger partial charge in [-0.15, -0.1) is 11.8 Å². The fraction of sp³-hybridized carbons (Fsp3) is 0.222. The van der Waals surface area contributed by atoms with E-state index in [2.05, 4.69) is 6.07 Å². The van der Waals surface area contributed by atoms with Gasteiger partial charge < -0.3 is 0 Å². The number of rotatable bonds is 2. The third-order valence-electron chi connectivity index (χ3n) is 1.39. The Bertz CT molecular complexity index is 317. The van der Waals surface area contributed by atoms with Gasteiger partial charge in [0.15, 0.2) is 0 Å². The van der Waals surface area contributed by atoms with Gasteiger partial charge in [0, 0.05) is 4.90 Å². The van der Waals surface area contributed by atoms with Crippen molar-refractivity contribution in [1.82, 2.24) is 0 Å². The Morgan fingerprint density at radius 2 is 2.33 bits per heavy atom. The zero-order valence-electron chi connectivity index (χ0n) is 6.67. The van der Waals surface area contributed by atoms with Gasteiger partial charge in [-0.1, -0.05) is 24.6 Å². The first-order chi connectivity index (χ1) is 5.79. The lowest BCUT2D eigenvalue weighted by molar-refractivity contribution is 1.36. The van der Waals surface area contributed by atoms with Crippen LogP contribution in [0.2, 0.25) is 5.02 Å². The van der Waals surface area contributed by atoms with E-state index >= 15 is 0 Å². The number of hydrogen-bond donors (Lipinski definition) is 0. The summed E-state index contributed by atoms with van der Waals surface area (Å²) in [6.07, 6.45) is 0. The maximum atomic E-state index is 8.78. The first kappa shape index (κ1) is 9.44. The molecule has 62 valence electrons. The van der Waals surface area contributed by atoms with E-state index in [0.717, 1.165) is 10.6 Å². The average molecular weight is 198 g/mol. The van der Waals surface area contributed by atoms with Gasteiger partial charge in [-0.05, 0) is 17.9 Å². The van der Waals surface area contributed by atoms with Crippen molar-refractivity contribution in [3.8, 4) is 6.07 Å². The number of nitriles is 1. The first-order valence-electron chi connectivity index (χ1n) is 3.61. The predicted octanol–water partition coefficient (Wildman–Crippen LogP) is 3.32. The number of nitrogens with zero attached hydrogens (tertiary/aromatic N) is 1. The van der Waals surface area contributed by atoms with E-state index in [1.165, 1.54) is 0 Å². The Hall–Kier alpha value is -0.650. The molecule has 0 aromatic heterocycles. The molecule has 0 saturated carbocycles. The Balaban J connectivity index is 3.11. The predicted molar refractivity (Wildman–Crippen MR) is 52.6 cm³/mol. The van der Waals surface area contributed by atoms with Crippen LogP contribution in [0.3, 0.4) is 0 Å². The summed E-state index contributed by atoms with van der Waals surface area (Å²) >= 11 is 7.46. The van der Waals surface area contributed by atoms with E-state index in [9.17, 15) is 0 Å². The lowest BCUT2D eigenvalue weighted by Crippen LogP contribution is -1.82. The molecule has 1 aromatic carbocycles. The van der Waals surface area contributed by atoms with Crippen molar-refractivity contribution in [2.24, 2.45) is 0 Å². The van der Waals surface area contributed by atoms with Gasteiger partial charge in [0.05, 0.1) is 10.6 Å². The van der Waals surface area contributed by atoms with Crippen LogP contribution in [0.1, 0.15) is 12.5 Å². The molecule has 0 spiro atoms. The van der Waals surface area contributed by atoms with Gasteiger partial charge in [0.2, 0.25) is 0 Å². The van der Waals surface area contributed by atoms with Crippen molar-refractivity contribution >= 4 is 23.4 Å². The Morgan fingerprint density at radius 3 is 2.92 bits per heavy atom. The van der Waals surface area contributed by atoms with Crippen LogP contribution in [-0.4, -0.2) is 5.75 Å². The normalized spacial score (nSPS) is 9.42. The van der Waals surface area contributed by atoms with Crippen LogP contribution < -0.4 is 0 Å². The minimum absolute atomic E-state index is 0.538. The van der Waals surface area contributed by atoms with Gasteiger partial charge in [-0.2, -0.15) is 5.26 Å². The van der Waals surface area contributed by atoms with E-state index in [1.54, 1.807) is 17.8 Å². The van der Waals surface area contributed by atoms with Crippen molar-refractivity contribution in [1.29, 1.82) is 5.26 Å². The third kappa shape index (κ3) is 1.94. The molecule has 0 N–H and O–H groups in total. The molecule has 0 saturated heterocycles. The third-order valence-corrected chi connectivity index (χ3v) is 2.64. The molecule has 0 aliphatic carbocycles. The maximum absolute atomic E-state index is 8.78. The molecule has 1 rings (SSSR count). The summed E-state index contributed by atoms with van der Waals surface area (Å²) in [6.45, 7) is 2.05. The lowest BCUT2D eigenvalue weighted by Gasteiger charge is -2.01. The van der Waals surface area contributed by atoms with Crippen molar-refractivity contribution in [2.75, 3.05) is 5.75 Å². The SMILES string of the molecule is CCSc1cccc(Cl)c1C#N. The smallest absolute Gasteiger partial charge is 0.102 e. The highest BCUT2D eigenvalue weighted by atomic mass is 35.5. The Labute approximate surface area is 81.3 Å². The molecule has 12 heavy (non-hydrogen) atoms. The molecule has 0 fully saturated rings. The highest BCUT2D eigenvalue weighted by Gasteiger charge is 2.04. The molecule has 0 aliphatic rings. The second kappa shape index (κ2) is 4.39. The summed E-state index contributed by atoms with van der Waals surface area (Å²) in [5, 5.41) is 9.32. The number of thioether (sulfide) groups is 1. The number of benzene rings is 1. The lowest BCUT2D eigenvalue weighted by atomic mass is 10.2. The maximum Gasteiger partial charge on any atom is 0.102 e. The van der Waals surface area contributed by atoms with Crippen LogP contribution in [0, 0.1) is 11.3 Å². The molecule has 1 aromatic rings. The van der Waals surface area contributed by atoms with E-state index in [-0.39, 0.29) is 0 Å². The monoisotopic (exact) mass is 197 g/mol. The van der Waals surface area contributed by atoms with Crippen molar-refractivity contribution in [3.05, 3.63) is 28.8 Å². The summed E-state index contributed by atoms with van der Waals surface area (Å²) in [4.78, 5) is 0.965. The highest BCUT2D eigenvalue weighted by molar-refractivity contribution is 7.99. The van der Waals surface area contributed by atoms with Gasteiger partial charge in [0.1, 0.15) is 6.07 Å². The molecule has 0 aliphatic heterocycles. The second-order valence-corrected chi connectivity index (χ2v) is 3.87. The zero-order chi connectivity index (χ0) is 8.97. The van der Waals surface area contributed by atoms with E-state index < -0.39 is 0 Å². The zero-order valence-corrected chi connectivity index (χ0v) is 8.25. The summed E-state index contributed by atoms with van der Waals surface area (Å²) < 4.78 is 0. The van der Waals surface area contributed by atoms with Gasteiger partial charge in [-0.25, -0.2) is 0 Å². The number of halogens is 1. The van der Waals surface area contributed by atoms with E-state index in [0.29, 0.717) is 10.6 Å². The minimum atomic E-state index is 0.538. The molecule has 1 nitrogen and oxygen atoms in total. The molecule has 0 amide bonds. The summed E-state index contributed by atoms with van der Waals surface area (Å²) in [7, 11) is 0. The van der Waals surface area contributed by atoms with Gasteiger partial charge in [-0.3, -0.25) is 0 Å². The summed E-state index contributed by atoms with van der Waals surface area (Å²) in [5.41, 5.74) is 0.589. The average Bonchev–Trinajstić information content (AvgIpc) is 2.05. The van der Waals surface area contributed by atoms with Crippen LogP contribution in [0.25, 0.3) is 0 Å². The van der Waals surface area contributed by atoms with E-state index in [1.807, 2.05) is 19.1 Å². The summed E-state index contributed by atoms with van der Waals surface area (Å²) in [5.74, 6) is 0.953. The van der Waals surface area contributed by atoms with Crippen LogP contribution in [0.5, 0.6) is 0 Å². The van der Waals surface area contributed by atoms with Crippen LogP contribution in [0.4, 0.5) is 0 Å². The topological polar surface area (TPSA) is 23.8 Å². The molecule has 0 radical (unpaired) electrons. The molecule has 0 bridgehead atoms. The molecule has 0 heterocycles. The molecule has 0 unspecified atom stereocenters. The molecular formula is C9H8ClNS. The summed E-state index contributed by atoms with van der Waals surface area (Å²) in [6, 6.07) is 7.61. The Morgan fingerprint density at radius 1 is 1.58 bits per heavy atom. The molecule has 0 atom stereocenters. The van der Waals surface area contributed by atoms with Gasteiger partial charge in [0.25, 0.3) is 0 Å². The van der Waals surface area contributed by atoms with Crippen LogP contribution >= 0.6 is 23.4 Å². The van der Waals surface area contributed by atoms with Crippen LogP contribution in [0.15, 0.2) is 23.1 Å². The first-order valence-corrected chi connectivity index (χ1v) is 4.97. The molecule has 3 heteroatoms. The van der Waals surface area contributed by atoms with Crippen molar-refractivity contribution < 1.29 is 0 Å². The Kier molecular flexibility index (Phi) is 3.46. The van der Waals surface area contributed by atoms with Gasteiger partial charge >= 0.3 is 0 Å². The van der Waals surface area contributed by atoms with Crippen molar-refractivity contribution in [3.63, 3.8) is 0 Å². The largest absolute Gasteiger partial charge is 0.192 e. The highest BCUT2D eigenvalue weighted by Crippen LogP contribution is 2.27. The quantitative estimate of drug-likeness (QED) is 0.680. The molecular weight excluding hydrogens is 190 g/mol. The van der Waals surface area contributed by atoms with E-state index in [4.69, 9.17) is 16.9 Å². The minimum Gasteiger partial charge on any atom is -0.192 e. The van der Waals surface area contributed by atoms with Crippen LogP contribution in [-0.2, 0) is 0 Å². The second-order valence-electron chi connectivity index (χ2n) is 2.16. The standard InChI is InChI=1S/C9H8ClNS/c1-2-12-9-5-3-4-8(10)7(9)6-11/h3-5H,2H2,1H3.